The van der Waals surface area contributed by atoms with E-state index >= 15 is 0 Å². The molecule has 4 aromatic rings. The Morgan fingerprint density at radius 2 is 1.96 bits per heavy atom. The number of thioether (sulfide) groups is 1. The minimum Gasteiger partial charge on any atom is -0.279 e. The fourth-order valence-corrected chi connectivity index (χ4v) is 3.71. The van der Waals surface area contributed by atoms with Crippen LogP contribution in [-0.2, 0) is 12.8 Å². The van der Waals surface area contributed by atoms with Gasteiger partial charge in [-0.15, -0.1) is 22.0 Å². The molecule has 0 fully saturated rings. The third-order valence-electron chi connectivity index (χ3n) is 4.13. The fraction of sp³-hybridized carbons (Fsp3) is 0.167. The monoisotopic (exact) mass is 354 g/mol. The van der Waals surface area contributed by atoms with E-state index in [4.69, 9.17) is 0 Å². The highest BCUT2D eigenvalue weighted by Gasteiger charge is 2.15. The van der Waals surface area contributed by atoms with Crippen molar-refractivity contribution in [3.8, 4) is 0 Å². The van der Waals surface area contributed by atoms with Gasteiger partial charge in [0.2, 0.25) is 5.78 Å². The average molecular weight is 354 g/mol. The van der Waals surface area contributed by atoms with Crippen molar-refractivity contribution in [2.24, 2.45) is 7.05 Å². The standard InChI is InChI=1S/C18H15FN4OS/c1-11-7-8-14-12(9-11)17(24)22(2)18-21-20-16(23(14)18)10-25-15-6-4-3-5-13(15)19/h3-9H,10H2,1-2H3. The number of benzene rings is 2. The molecule has 2 aromatic heterocycles. The van der Waals surface area contributed by atoms with Crippen LogP contribution in [0.3, 0.4) is 0 Å². The Bertz CT molecular complexity index is 1170. The summed E-state index contributed by atoms with van der Waals surface area (Å²) >= 11 is 1.36. The van der Waals surface area contributed by atoms with Crippen LogP contribution in [0.25, 0.3) is 16.7 Å². The lowest BCUT2D eigenvalue weighted by Gasteiger charge is -2.08. The second-order valence-corrected chi connectivity index (χ2v) is 6.87. The summed E-state index contributed by atoms with van der Waals surface area (Å²) in [4.78, 5) is 13.1. The van der Waals surface area contributed by atoms with Gasteiger partial charge in [0.1, 0.15) is 11.6 Å². The highest BCUT2D eigenvalue weighted by Crippen LogP contribution is 2.25. The predicted octanol–water partition coefficient (Wildman–Crippen LogP) is 3.32. The second kappa shape index (κ2) is 6.00. The second-order valence-electron chi connectivity index (χ2n) is 5.86. The lowest BCUT2D eigenvalue weighted by atomic mass is 10.1. The van der Waals surface area contributed by atoms with Gasteiger partial charge in [0.05, 0.1) is 16.7 Å². The van der Waals surface area contributed by atoms with Crippen LogP contribution in [0.2, 0.25) is 0 Å². The number of hydrogen-bond acceptors (Lipinski definition) is 4. The molecule has 0 amide bonds. The molecule has 2 aromatic carbocycles. The van der Waals surface area contributed by atoms with Gasteiger partial charge in [0.25, 0.3) is 5.56 Å². The first-order valence-corrected chi connectivity index (χ1v) is 8.75. The maximum Gasteiger partial charge on any atom is 0.262 e. The molecule has 0 spiro atoms. The molecule has 126 valence electrons. The number of fused-ring (bicyclic) bond motifs is 3. The van der Waals surface area contributed by atoms with Gasteiger partial charge in [0, 0.05) is 11.9 Å². The van der Waals surface area contributed by atoms with Gasteiger partial charge in [-0.2, -0.15) is 0 Å². The maximum absolute atomic E-state index is 13.8. The minimum absolute atomic E-state index is 0.105. The van der Waals surface area contributed by atoms with Crippen molar-refractivity contribution in [1.29, 1.82) is 0 Å². The summed E-state index contributed by atoms with van der Waals surface area (Å²) in [6.45, 7) is 1.95. The number of halogens is 1. The van der Waals surface area contributed by atoms with Crippen LogP contribution < -0.4 is 5.56 Å². The van der Waals surface area contributed by atoms with Crippen molar-refractivity contribution in [3.63, 3.8) is 0 Å². The molecule has 4 rings (SSSR count). The van der Waals surface area contributed by atoms with Crippen molar-refractivity contribution in [3.05, 3.63) is 70.0 Å². The molecule has 0 N–H and O–H groups in total. The fourth-order valence-electron chi connectivity index (χ4n) is 2.86. The van der Waals surface area contributed by atoms with E-state index in [1.165, 1.54) is 22.4 Å². The van der Waals surface area contributed by atoms with Gasteiger partial charge in [-0.05, 0) is 31.2 Å². The normalized spacial score (nSPS) is 11.5. The van der Waals surface area contributed by atoms with Crippen LogP contribution >= 0.6 is 11.8 Å². The van der Waals surface area contributed by atoms with Crippen LogP contribution in [-0.4, -0.2) is 19.2 Å². The smallest absolute Gasteiger partial charge is 0.262 e. The van der Waals surface area contributed by atoms with E-state index in [1.807, 2.05) is 29.5 Å². The molecule has 7 heteroatoms. The molecule has 0 saturated heterocycles. The minimum atomic E-state index is -0.255. The Kier molecular flexibility index (Phi) is 3.80. The Balaban J connectivity index is 1.87. The van der Waals surface area contributed by atoms with Crippen molar-refractivity contribution < 1.29 is 4.39 Å². The molecule has 0 bridgehead atoms. The van der Waals surface area contributed by atoms with E-state index in [0.717, 1.165) is 11.1 Å². The first-order chi connectivity index (χ1) is 12.1. The number of hydrogen-bond donors (Lipinski definition) is 0. The number of aryl methyl sites for hydroxylation is 2. The molecule has 0 aliphatic rings. The van der Waals surface area contributed by atoms with E-state index in [0.29, 0.717) is 27.6 Å². The summed E-state index contributed by atoms with van der Waals surface area (Å²) in [7, 11) is 1.68. The van der Waals surface area contributed by atoms with Crippen LogP contribution in [0.5, 0.6) is 0 Å². The summed E-state index contributed by atoms with van der Waals surface area (Å²) in [5.41, 5.74) is 1.67. The van der Waals surface area contributed by atoms with Gasteiger partial charge in [0.15, 0.2) is 0 Å². The number of nitrogens with zero attached hydrogens (tertiary/aromatic N) is 4. The molecular formula is C18H15FN4OS. The highest BCUT2D eigenvalue weighted by molar-refractivity contribution is 7.98. The van der Waals surface area contributed by atoms with Gasteiger partial charge < -0.3 is 0 Å². The molecule has 2 heterocycles. The Morgan fingerprint density at radius 1 is 1.16 bits per heavy atom. The highest BCUT2D eigenvalue weighted by atomic mass is 32.2. The zero-order valence-corrected chi connectivity index (χ0v) is 14.5. The van der Waals surface area contributed by atoms with E-state index in [9.17, 15) is 9.18 Å². The molecule has 0 aliphatic carbocycles. The summed E-state index contributed by atoms with van der Waals surface area (Å²) in [5.74, 6) is 1.34. The lowest BCUT2D eigenvalue weighted by molar-refractivity contribution is 0.602. The molecule has 0 radical (unpaired) electrons. The van der Waals surface area contributed by atoms with Gasteiger partial charge in [-0.1, -0.05) is 23.8 Å². The molecule has 0 atom stereocenters. The quantitative estimate of drug-likeness (QED) is 0.530. The van der Waals surface area contributed by atoms with Crippen molar-refractivity contribution in [1.82, 2.24) is 19.2 Å². The summed E-state index contributed by atoms with van der Waals surface area (Å²) in [6.07, 6.45) is 0. The summed E-state index contributed by atoms with van der Waals surface area (Å²) in [5, 5.41) is 9.00. The predicted molar refractivity (Wildman–Crippen MR) is 96.4 cm³/mol. The number of rotatable bonds is 3. The first-order valence-electron chi connectivity index (χ1n) is 7.77. The zero-order valence-electron chi connectivity index (χ0n) is 13.7. The van der Waals surface area contributed by atoms with Crippen LogP contribution in [0.4, 0.5) is 4.39 Å². The van der Waals surface area contributed by atoms with Crippen molar-refractivity contribution in [2.75, 3.05) is 0 Å². The third kappa shape index (κ3) is 2.60. The van der Waals surface area contributed by atoms with E-state index in [2.05, 4.69) is 10.2 Å². The molecule has 5 nitrogen and oxygen atoms in total. The zero-order chi connectivity index (χ0) is 17.6. The van der Waals surface area contributed by atoms with E-state index in [1.54, 1.807) is 25.2 Å². The average Bonchev–Trinajstić information content (AvgIpc) is 3.03. The van der Waals surface area contributed by atoms with Crippen LogP contribution in [0.15, 0.2) is 52.2 Å². The van der Waals surface area contributed by atoms with Crippen LogP contribution in [0.1, 0.15) is 11.4 Å². The topological polar surface area (TPSA) is 52.2 Å². The molecular weight excluding hydrogens is 339 g/mol. The maximum atomic E-state index is 13.8. The summed E-state index contributed by atoms with van der Waals surface area (Å²) in [6, 6.07) is 12.4. The first kappa shape index (κ1) is 15.8. The molecule has 25 heavy (non-hydrogen) atoms. The Labute approximate surface area is 147 Å². The SMILES string of the molecule is Cc1ccc2c(c1)c(=O)n(C)c1nnc(CSc3ccccc3F)n21. The van der Waals surface area contributed by atoms with Crippen molar-refractivity contribution >= 4 is 28.4 Å². The van der Waals surface area contributed by atoms with Crippen LogP contribution in [0, 0.1) is 12.7 Å². The molecule has 0 saturated carbocycles. The van der Waals surface area contributed by atoms with Crippen molar-refractivity contribution in [2.45, 2.75) is 17.6 Å². The largest absolute Gasteiger partial charge is 0.279 e. The van der Waals surface area contributed by atoms with Gasteiger partial charge in [-0.3, -0.25) is 13.8 Å². The van der Waals surface area contributed by atoms with E-state index in [-0.39, 0.29) is 11.4 Å². The summed E-state index contributed by atoms with van der Waals surface area (Å²) < 4.78 is 17.2. The molecule has 0 aliphatic heterocycles. The Hall–Kier alpha value is -2.67. The van der Waals surface area contributed by atoms with E-state index < -0.39 is 0 Å². The Morgan fingerprint density at radius 3 is 2.76 bits per heavy atom. The molecule has 0 unspecified atom stereocenters. The number of aromatic nitrogens is 4. The van der Waals surface area contributed by atoms with Gasteiger partial charge in [-0.25, -0.2) is 4.39 Å². The lowest BCUT2D eigenvalue weighted by Crippen LogP contribution is -2.20. The van der Waals surface area contributed by atoms with Gasteiger partial charge >= 0.3 is 0 Å². The third-order valence-corrected chi connectivity index (χ3v) is 5.18.